The van der Waals surface area contributed by atoms with Gasteiger partial charge < -0.3 is 11.1 Å². The molecule has 148 valence electrons. The van der Waals surface area contributed by atoms with E-state index in [0.717, 1.165) is 17.0 Å². The zero-order valence-electron chi connectivity index (χ0n) is 16.0. The molecule has 29 heavy (non-hydrogen) atoms. The second kappa shape index (κ2) is 9.20. The number of nitrogens with one attached hydrogen (secondary N) is 1. The van der Waals surface area contributed by atoms with Crippen LogP contribution in [0, 0.1) is 6.92 Å². The molecule has 0 radical (unpaired) electrons. The molecule has 3 rings (SSSR count). The molecule has 0 saturated carbocycles. The average Bonchev–Trinajstić information content (AvgIpc) is 3.09. The number of nitrogens with two attached hydrogens (primary N) is 1. The summed E-state index contributed by atoms with van der Waals surface area (Å²) in [7, 11) is 0. The number of aromatic nitrogens is 3. The van der Waals surface area contributed by atoms with Crippen molar-refractivity contribution in [3.05, 3.63) is 72.3 Å². The van der Waals surface area contributed by atoms with E-state index in [2.05, 4.69) is 22.1 Å². The zero-order chi connectivity index (χ0) is 20.8. The summed E-state index contributed by atoms with van der Waals surface area (Å²) in [4.78, 5) is 23.9. The molecule has 0 bridgehead atoms. The summed E-state index contributed by atoms with van der Waals surface area (Å²) in [5, 5.41) is 11.9. The number of benzene rings is 2. The number of para-hydroxylation sites is 1. The number of hydrogen-bond acceptors (Lipinski definition) is 5. The Morgan fingerprint density at radius 3 is 2.72 bits per heavy atom. The summed E-state index contributed by atoms with van der Waals surface area (Å²) in [5.74, 6) is -0.0393. The third kappa shape index (κ3) is 4.91. The van der Waals surface area contributed by atoms with Crippen LogP contribution in [0.3, 0.4) is 0 Å². The Labute approximate surface area is 173 Å². The number of hydrogen-bond donors (Lipinski definition) is 2. The van der Waals surface area contributed by atoms with E-state index in [1.807, 2.05) is 35.8 Å². The van der Waals surface area contributed by atoms with E-state index in [4.69, 9.17) is 5.73 Å². The molecule has 1 heterocycles. The molecular weight excluding hydrogens is 386 g/mol. The minimum atomic E-state index is -0.595. The fraction of sp³-hybridized carbons (Fsp3) is 0.143. The quantitative estimate of drug-likeness (QED) is 0.441. The maximum Gasteiger partial charge on any atom is 0.250 e. The third-order valence-corrected chi connectivity index (χ3v) is 5.07. The van der Waals surface area contributed by atoms with E-state index < -0.39 is 5.91 Å². The predicted octanol–water partition coefficient (Wildman–Crippen LogP) is 3.27. The number of carbonyl (C=O) groups excluding carboxylic acids is 2. The van der Waals surface area contributed by atoms with Crippen LogP contribution >= 0.6 is 11.8 Å². The monoisotopic (exact) mass is 407 g/mol. The van der Waals surface area contributed by atoms with Crippen LogP contribution in [0.25, 0.3) is 11.4 Å². The Morgan fingerprint density at radius 1 is 1.21 bits per heavy atom. The van der Waals surface area contributed by atoms with Gasteiger partial charge in [-0.15, -0.1) is 16.8 Å². The van der Waals surface area contributed by atoms with Gasteiger partial charge in [0.15, 0.2) is 11.0 Å². The van der Waals surface area contributed by atoms with Crippen LogP contribution in [0.2, 0.25) is 0 Å². The molecule has 0 fully saturated rings. The van der Waals surface area contributed by atoms with Crippen LogP contribution in [0.15, 0.2) is 66.3 Å². The first-order chi connectivity index (χ1) is 14.0. The number of carbonyl (C=O) groups is 2. The third-order valence-electron chi connectivity index (χ3n) is 4.10. The molecule has 1 aromatic heterocycles. The minimum absolute atomic E-state index is 0.107. The van der Waals surface area contributed by atoms with Crippen LogP contribution < -0.4 is 11.1 Å². The lowest BCUT2D eigenvalue weighted by molar-refractivity contribution is -0.113. The summed E-state index contributed by atoms with van der Waals surface area (Å²) in [5.41, 5.74) is 8.08. The molecule has 7 nitrogen and oxygen atoms in total. The molecule has 0 aliphatic rings. The van der Waals surface area contributed by atoms with E-state index in [1.54, 1.807) is 30.3 Å². The SMILES string of the molecule is C=CCn1c(SCC(=O)Nc2ccccc2C(N)=O)nnc1-c1cccc(C)c1. The van der Waals surface area contributed by atoms with Crippen molar-refractivity contribution < 1.29 is 9.59 Å². The van der Waals surface area contributed by atoms with Gasteiger partial charge in [-0.25, -0.2) is 0 Å². The highest BCUT2D eigenvalue weighted by Gasteiger charge is 2.16. The zero-order valence-corrected chi connectivity index (χ0v) is 16.8. The molecule has 3 aromatic rings. The van der Waals surface area contributed by atoms with Crippen molar-refractivity contribution in [2.75, 3.05) is 11.1 Å². The first kappa shape index (κ1) is 20.3. The number of allylic oxidation sites excluding steroid dienone is 1. The van der Waals surface area contributed by atoms with E-state index in [-0.39, 0.29) is 17.2 Å². The number of primary amides is 1. The van der Waals surface area contributed by atoms with Gasteiger partial charge in [0.2, 0.25) is 5.91 Å². The fourth-order valence-electron chi connectivity index (χ4n) is 2.81. The van der Waals surface area contributed by atoms with Crippen LogP contribution in [-0.2, 0) is 11.3 Å². The Kier molecular flexibility index (Phi) is 6.46. The summed E-state index contributed by atoms with van der Waals surface area (Å²) in [6.07, 6.45) is 1.76. The Morgan fingerprint density at radius 2 is 2.00 bits per heavy atom. The van der Waals surface area contributed by atoms with E-state index in [1.165, 1.54) is 11.8 Å². The fourth-order valence-corrected chi connectivity index (χ4v) is 3.56. The van der Waals surface area contributed by atoms with Gasteiger partial charge >= 0.3 is 0 Å². The molecule has 0 saturated heterocycles. The maximum absolute atomic E-state index is 12.4. The number of rotatable bonds is 8. The van der Waals surface area contributed by atoms with Gasteiger partial charge in [0, 0.05) is 12.1 Å². The molecule has 0 aliphatic heterocycles. The summed E-state index contributed by atoms with van der Waals surface area (Å²) in [6.45, 7) is 6.33. The van der Waals surface area contributed by atoms with Crippen molar-refractivity contribution in [3.8, 4) is 11.4 Å². The number of thioether (sulfide) groups is 1. The number of aryl methyl sites for hydroxylation is 1. The van der Waals surface area contributed by atoms with Crippen LogP contribution in [-0.4, -0.2) is 32.3 Å². The maximum atomic E-state index is 12.4. The molecule has 2 amide bonds. The first-order valence-electron chi connectivity index (χ1n) is 8.92. The van der Waals surface area contributed by atoms with Gasteiger partial charge in [-0.3, -0.25) is 14.2 Å². The molecule has 8 heteroatoms. The summed E-state index contributed by atoms with van der Waals surface area (Å²) < 4.78 is 1.91. The van der Waals surface area contributed by atoms with Gasteiger partial charge in [0.25, 0.3) is 5.91 Å². The van der Waals surface area contributed by atoms with Gasteiger partial charge in [-0.05, 0) is 25.1 Å². The van der Waals surface area contributed by atoms with Crippen molar-refractivity contribution in [2.45, 2.75) is 18.6 Å². The summed E-state index contributed by atoms with van der Waals surface area (Å²) >= 11 is 1.26. The van der Waals surface area contributed by atoms with Crippen molar-refractivity contribution in [1.29, 1.82) is 0 Å². The van der Waals surface area contributed by atoms with Gasteiger partial charge in [-0.1, -0.05) is 53.7 Å². The van der Waals surface area contributed by atoms with Crippen molar-refractivity contribution in [3.63, 3.8) is 0 Å². The lowest BCUT2D eigenvalue weighted by Gasteiger charge is -2.10. The molecular formula is C21H21N5O2S. The molecule has 0 spiro atoms. The van der Waals surface area contributed by atoms with E-state index in [0.29, 0.717) is 17.4 Å². The summed E-state index contributed by atoms with van der Waals surface area (Å²) in [6, 6.07) is 14.6. The Hall–Kier alpha value is -3.39. The molecule has 2 aromatic carbocycles. The topological polar surface area (TPSA) is 103 Å². The second-order valence-corrected chi connectivity index (χ2v) is 7.26. The Bertz CT molecular complexity index is 1060. The van der Waals surface area contributed by atoms with Gasteiger partial charge in [-0.2, -0.15) is 0 Å². The van der Waals surface area contributed by atoms with E-state index >= 15 is 0 Å². The van der Waals surface area contributed by atoms with Gasteiger partial charge in [0.1, 0.15) is 0 Å². The number of amides is 2. The first-order valence-corrected chi connectivity index (χ1v) is 9.90. The average molecular weight is 407 g/mol. The number of nitrogens with zero attached hydrogens (tertiary/aromatic N) is 3. The van der Waals surface area contributed by atoms with Crippen LogP contribution in [0.4, 0.5) is 5.69 Å². The van der Waals surface area contributed by atoms with Crippen molar-refractivity contribution in [1.82, 2.24) is 14.8 Å². The lowest BCUT2D eigenvalue weighted by atomic mass is 10.1. The van der Waals surface area contributed by atoms with Crippen molar-refractivity contribution >= 4 is 29.3 Å². The lowest BCUT2D eigenvalue weighted by Crippen LogP contribution is -2.19. The molecule has 0 aliphatic carbocycles. The normalized spacial score (nSPS) is 10.5. The second-order valence-electron chi connectivity index (χ2n) is 6.32. The van der Waals surface area contributed by atoms with E-state index in [9.17, 15) is 9.59 Å². The predicted molar refractivity (Wildman–Crippen MR) is 115 cm³/mol. The molecule has 0 atom stereocenters. The largest absolute Gasteiger partial charge is 0.366 e. The standard InChI is InChI=1S/C21H21N5O2S/c1-3-11-26-20(15-8-6-7-14(2)12-15)24-25-21(26)29-13-18(27)23-17-10-5-4-9-16(17)19(22)28/h3-10,12H,1,11,13H2,2H3,(H2,22,28)(H,23,27). The highest BCUT2D eigenvalue weighted by Crippen LogP contribution is 2.25. The smallest absolute Gasteiger partial charge is 0.250 e. The molecule has 0 unspecified atom stereocenters. The highest BCUT2D eigenvalue weighted by atomic mass is 32.2. The Balaban J connectivity index is 1.75. The van der Waals surface area contributed by atoms with Crippen LogP contribution in [0.5, 0.6) is 0 Å². The van der Waals surface area contributed by atoms with Gasteiger partial charge in [0.05, 0.1) is 17.0 Å². The van der Waals surface area contributed by atoms with Crippen LogP contribution in [0.1, 0.15) is 15.9 Å². The minimum Gasteiger partial charge on any atom is -0.366 e. The molecule has 3 N–H and O–H groups in total. The highest BCUT2D eigenvalue weighted by molar-refractivity contribution is 7.99. The van der Waals surface area contributed by atoms with Crippen molar-refractivity contribution in [2.24, 2.45) is 5.73 Å². The number of anilines is 1.